The monoisotopic (exact) mass is 285 g/mol. The van der Waals surface area contributed by atoms with Gasteiger partial charge in [-0.3, -0.25) is 0 Å². The topological polar surface area (TPSA) is 3.24 Å². The molecule has 0 unspecified atom stereocenters. The molecule has 0 aromatic heterocycles. The number of benzene rings is 1. The summed E-state index contributed by atoms with van der Waals surface area (Å²) in [5.74, 6) is 0. The van der Waals surface area contributed by atoms with E-state index in [1.165, 1.54) is 75.6 Å². The number of hydrogen-bond acceptors (Lipinski definition) is 1. The van der Waals surface area contributed by atoms with Gasteiger partial charge in [0.05, 0.1) is 0 Å². The Balaban J connectivity index is 2.03. The molecule has 1 aromatic carbocycles. The lowest BCUT2D eigenvalue weighted by Crippen LogP contribution is -2.27. The van der Waals surface area contributed by atoms with Gasteiger partial charge in [-0.25, -0.2) is 0 Å². The van der Waals surface area contributed by atoms with E-state index in [0.29, 0.717) is 0 Å². The van der Waals surface area contributed by atoms with Crippen molar-refractivity contribution in [1.82, 2.24) is 4.90 Å². The second-order valence-electron chi connectivity index (χ2n) is 6.24. The van der Waals surface area contributed by atoms with Gasteiger partial charge in [0.25, 0.3) is 0 Å². The Hall–Kier alpha value is -1.24. The lowest BCUT2D eigenvalue weighted by atomic mass is 9.94. The Kier molecular flexibility index (Phi) is 6.85. The van der Waals surface area contributed by atoms with Crippen LogP contribution in [-0.4, -0.2) is 18.0 Å². The number of hydrogen-bond donors (Lipinski definition) is 0. The predicted octanol–water partition coefficient (Wildman–Crippen LogP) is 5.66. The van der Waals surface area contributed by atoms with Crippen LogP contribution >= 0.6 is 0 Å². The molecule has 1 aromatic rings. The quantitative estimate of drug-likeness (QED) is 0.529. The molecule has 0 radical (unpaired) electrons. The summed E-state index contributed by atoms with van der Waals surface area (Å²) in [6, 6.07) is 8.88. The maximum Gasteiger partial charge on any atom is 0.0175 e. The summed E-state index contributed by atoms with van der Waals surface area (Å²) in [7, 11) is 0. The second kappa shape index (κ2) is 8.92. The van der Waals surface area contributed by atoms with Crippen molar-refractivity contribution in [3.8, 4) is 0 Å². The highest BCUT2D eigenvalue weighted by atomic mass is 15.1. The molecule has 0 atom stereocenters. The number of allylic oxidation sites excluding steroid dienone is 1. The first-order valence-electron chi connectivity index (χ1n) is 8.88. The minimum absolute atomic E-state index is 1.21. The maximum absolute atomic E-state index is 2.67. The van der Waals surface area contributed by atoms with Crippen LogP contribution in [0.3, 0.4) is 0 Å². The van der Waals surface area contributed by atoms with Gasteiger partial charge in [-0.05, 0) is 42.9 Å². The Labute approximate surface area is 131 Å². The first kappa shape index (κ1) is 16.1. The summed E-state index contributed by atoms with van der Waals surface area (Å²) in [5.41, 5.74) is 4.53. The van der Waals surface area contributed by atoms with Crippen LogP contribution in [0, 0.1) is 0 Å². The molecule has 0 fully saturated rings. The first-order chi connectivity index (χ1) is 10.3. The van der Waals surface area contributed by atoms with Crippen molar-refractivity contribution >= 4 is 6.08 Å². The molecule has 2 rings (SSSR count). The van der Waals surface area contributed by atoms with Crippen molar-refractivity contribution in [1.29, 1.82) is 0 Å². The maximum atomic E-state index is 2.67. The summed E-state index contributed by atoms with van der Waals surface area (Å²) in [6.45, 7) is 7.06. The van der Waals surface area contributed by atoms with Crippen LogP contribution in [0.5, 0.6) is 0 Å². The largest absolute Gasteiger partial charge is 0.375 e. The van der Waals surface area contributed by atoms with E-state index in [0.717, 1.165) is 0 Å². The van der Waals surface area contributed by atoms with Crippen LogP contribution in [0.4, 0.5) is 0 Å². The standard InChI is InChI=1S/C20H31N/c1-3-5-9-15-21(16-10-6-4-2)20-14-13-18-11-7-8-12-19(18)17-20/h7-8,11-12,17H,3-6,9-10,13-16H2,1-2H3. The molecule has 1 nitrogen and oxygen atoms in total. The molecule has 0 N–H and O–H groups in total. The van der Waals surface area contributed by atoms with Crippen molar-refractivity contribution < 1.29 is 0 Å². The van der Waals surface area contributed by atoms with Crippen molar-refractivity contribution in [2.75, 3.05) is 13.1 Å². The second-order valence-corrected chi connectivity index (χ2v) is 6.24. The van der Waals surface area contributed by atoms with E-state index in [4.69, 9.17) is 0 Å². The SMILES string of the molecule is CCCCCN(CCCCC)C1=Cc2ccccc2CC1. The van der Waals surface area contributed by atoms with E-state index < -0.39 is 0 Å². The molecule has 1 heteroatoms. The molecular weight excluding hydrogens is 254 g/mol. The summed E-state index contributed by atoms with van der Waals surface area (Å²) < 4.78 is 0. The van der Waals surface area contributed by atoms with Crippen LogP contribution in [0.2, 0.25) is 0 Å². The molecule has 0 saturated carbocycles. The highest BCUT2D eigenvalue weighted by Gasteiger charge is 2.15. The zero-order valence-corrected chi connectivity index (χ0v) is 13.9. The van der Waals surface area contributed by atoms with Crippen molar-refractivity contribution in [2.45, 2.75) is 65.2 Å². The summed E-state index contributed by atoms with van der Waals surface area (Å²) in [6.07, 6.45) is 12.9. The molecule has 116 valence electrons. The molecule has 0 saturated heterocycles. The third kappa shape index (κ3) is 4.91. The molecule has 1 aliphatic carbocycles. The average molecular weight is 285 g/mol. The molecule has 21 heavy (non-hydrogen) atoms. The third-order valence-electron chi connectivity index (χ3n) is 4.50. The van der Waals surface area contributed by atoms with E-state index in [1.54, 1.807) is 5.70 Å². The molecule has 0 spiro atoms. The van der Waals surface area contributed by atoms with Gasteiger partial charge in [0.15, 0.2) is 0 Å². The van der Waals surface area contributed by atoms with Crippen molar-refractivity contribution in [3.05, 3.63) is 41.1 Å². The molecule has 0 bridgehead atoms. The van der Waals surface area contributed by atoms with Gasteiger partial charge in [0.1, 0.15) is 0 Å². The molecule has 0 heterocycles. The Morgan fingerprint density at radius 2 is 1.52 bits per heavy atom. The number of fused-ring (bicyclic) bond motifs is 1. The molecule has 0 amide bonds. The van der Waals surface area contributed by atoms with E-state index in [-0.39, 0.29) is 0 Å². The smallest absolute Gasteiger partial charge is 0.0175 e. The number of nitrogens with zero attached hydrogens (tertiary/aromatic N) is 1. The predicted molar refractivity (Wildman–Crippen MR) is 93.4 cm³/mol. The van der Waals surface area contributed by atoms with Crippen LogP contribution in [0.15, 0.2) is 30.0 Å². The fraction of sp³-hybridized carbons (Fsp3) is 0.600. The summed E-state index contributed by atoms with van der Waals surface area (Å²) in [5, 5.41) is 0. The Morgan fingerprint density at radius 1 is 0.857 bits per heavy atom. The molecular formula is C20H31N. The van der Waals surface area contributed by atoms with Gasteiger partial charge in [-0.15, -0.1) is 0 Å². The lowest BCUT2D eigenvalue weighted by Gasteiger charge is -2.30. The number of unbranched alkanes of at least 4 members (excludes halogenated alkanes) is 4. The van der Waals surface area contributed by atoms with Gasteiger partial charge in [-0.1, -0.05) is 63.8 Å². The molecule has 1 aliphatic rings. The minimum Gasteiger partial charge on any atom is -0.375 e. The highest BCUT2D eigenvalue weighted by molar-refractivity contribution is 5.59. The first-order valence-corrected chi connectivity index (χ1v) is 8.88. The zero-order chi connectivity index (χ0) is 14.9. The van der Waals surface area contributed by atoms with E-state index in [1.807, 2.05) is 0 Å². The average Bonchev–Trinajstić information content (AvgIpc) is 2.53. The lowest BCUT2D eigenvalue weighted by molar-refractivity contribution is 0.317. The Bertz CT molecular complexity index is 437. The van der Waals surface area contributed by atoms with Crippen LogP contribution < -0.4 is 0 Å². The van der Waals surface area contributed by atoms with Gasteiger partial charge >= 0.3 is 0 Å². The van der Waals surface area contributed by atoms with E-state index in [2.05, 4.69) is 49.1 Å². The number of rotatable bonds is 9. The van der Waals surface area contributed by atoms with Crippen molar-refractivity contribution in [3.63, 3.8) is 0 Å². The fourth-order valence-electron chi connectivity index (χ4n) is 3.17. The number of aryl methyl sites for hydroxylation is 1. The molecule has 0 aliphatic heterocycles. The third-order valence-corrected chi connectivity index (χ3v) is 4.50. The fourth-order valence-corrected chi connectivity index (χ4v) is 3.17. The normalized spacial score (nSPS) is 13.7. The Morgan fingerprint density at radius 3 is 2.19 bits per heavy atom. The highest BCUT2D eigenvalue weighted by Crippen LogP contribution is 2.26. The van der Waals surface area contributed by atoms with Crippen LogP contribution in [-0.2, 0) is 6.42 Å². The van der Waals surface area contributed by atoms with Gasteiger partial charge in [-0.2, -0.15) is 0 Å². The van der Waals surface area contributed by atoms with Gasteiger partial charge < -0.3 is 4.90 Å². The minimum atomic E-state index is 1.21. The van der Waals surface area contributed by atoms with Gasteiger partial charge in [0, 0.05) is 18.8 Å². The van der Waals surface area contributed by atoms with Gasteiger partial charge in [0.2, 0.25) is 0 Å². The van der Waals surface area contributed by atoms with E-state index in [9.17, 15) is 0 Å². The summed E-state index contributed by atoms with van der Waals surface area (Å²) >= 11 is 0. The van der Waals surface area contributed by atoms with Crippen molar-refractivity contribution in [2.24, 2.45) is 0 Å². The van der Waals surface area contributed by atoms with E-state index >= 15 is 0 Å². The van der Waals surface area contributed by atoms with Crippen LogP contribution in [0.1, 0.15) is 69.9 Å². The zero-order valence-electron chi connectivity index (χ0n) is 13.9. The summed E-state index contributed by atoms with van der Waals surface area (Å²) in [4.78, 5) is 2.67. The van der Waals surface area contributed by atoms with Crippen LogP contribution in [0.25, 0.3) is 6.08 Å².